The highest BCUT2D eigenvalue weighted by molar-refractivity contribution is 7.13. The highest BCUT2D eigenvalue weighted by atomic mass is 32.1. The summed E-state index contributed by atoms with van der Waals surface area (Å²) in [4.78, 5) is 28.1. The number of nitrogens with one attached hydrogen (secondary N) is 1. The zero-order chi connectivity index (χ0) is 20.8. The average molecular weight is 416 g/mol. The first-order valence-electron chi connectivity index (χ1n) is 8.89. The molecular weight excluding hydrogens is 398 g/mol. The molecule has 29 heavy (non-hydrogen) atoms. The number of thiazole rings is 1. The minimum absolute atomic E-state index is 0.106. The van der Waals surface area contributed by atoms with E-state index in [4.69, 9.17) is 4.74 Å². The van der Waals surface area contributed by atoms with Crippen molar-refractivity contribution < 1.29 is 23.1 Å². The number of ether oxygens (including phenoxy) is 1. The molecule has 0 saturated carbocycles. The molecule has 0 unspecified atom stereocenters. The summed E-state index contributed by atoms with van der Waals surface area (Å²) in [5, 5.41) is 4.58. The summed E-state index contributed by atoms with van der Waals surface area (Å²) < 4.78 is 31.9. The fourth-order valence-electron chi connectivity index (χ4n) is 2.54. The maximum atomic E-state index is 13.5. The predicted octanol–water partition coefficient (Wildman–Crippen LogP) is 4.38. The number of amides is 1. The molecule has 8 heteroatoms. The summed E-state index contributed by atoms with van der Waals surface area (Å²) in [6.45, 7) is 1.43. The van der Waals surface area contributed by atoms with Crippen molar-refractivity contribution >= 4 is 28.9 Å². The zero-order valence-corrected chi connectivity index (χ0v) is 16.4. The lowest BCUT2D eigenvalue weighted by Gasteiger charge is -2.08. The summed E-state index contributed by atoms with van der Waals surface area (Å²) in [6, 6.07) is 11.2. The van der Waals surface area contributed by atoms with Gasteiger partial charge in [0.1, 0.15) is 22.3 Å². The van der Waals surface area contributed by atoms with Crippen LogP contribution in [0.2, 0.25) is 0 Å². The Morgan fingerprint density at radius 2 is 1.79 bits per heavy atom. The molecule has 3 aromatic rings. The number of nitrogens with zero attached hydrogens (tertiary/aromatic N) is 1. The number of aryl methyl sites for hydroxylation is 1. The van der Waals surface area contributed by atoms with Crippen molar-refractivity contribution in [3.8, 4) is 10.6 Å². The molecule has 5 nitrogen and oxygen atoms in total. The predicted molar refractivity (Wildman–Crippen MR) is 107 cm³/mol. The second-order valence-corrected chi connectivity index (χ2v) is 7.03. The van der Waals surface area contributed by atoms with Crippen LogP contribution in [0.1, 0.15) is 18.2 Å². The van der Waals surface area contributed by atoms with Crippen molar-refractivity contribution in [1.82, 2.24) is 4.98 Å². The van der Waals surface area contributed by atoms with E-state index in [0.29, 0.717) is 5.69 Å². The van der Waals surface area contributed by atoms with Crippen LogP contribution >= 0.6 is 11.3 Å². The third-order valence-electron chi connectivity index (χ3n) is 4.08. The summed E-state index contributed by atoms with van der Waals surface area (Å²) in [5.74, 6) is -3.32. The van der Waals surface area contributed by atoms with Crippen molar-refractivity contribution in [3.05, 3.63) is 70.7 Å². The van der Waals surface area contributed by atoms with Crippen molar-refractivity contribution in [2.45, 2.75) is 19.8 Å². The molecule has 150 valence electrons. The smallest absolute Gasteiger partial charge is 0.312 e. The number of para-hydroxylation sites is 1. The topological polar surface area (TPSA) is 68.3 Å². The van der Waals surface area contributed by atoms with Crippen LogP contribution in [-0.4, -0.2) is 23.5 Å². The molecule has 1 aromatic heterocycles. The number of hydrogen-bond donors (Lipinski definition) is 1. The van der Waals surface area contributed by atoms with Gasteiger partial charge in [0.15, 0.2) is 6.61 Å². The Hall–Kier alpha value is -3.13. The zero-order valence-electron chi connectivity index (χ0n) is 15.6. The van der Waals surface area contributed by atoms with E-state index in [2.05, 4.69) is 17.2 Å². The Morgan fingerprint density at radius 3 is 2.45 bits per heavy atom. The normalized spacial score (nSPS) is 10.6. The maximum absolute atomic E-state index is 13.5. The van der Waals surface area contributed by atoms with E-state index in [1.54, 1.807) is 5.38 Å². The van der Waals surface area contributed by atoms with Crippen LogP contribution in [0.25, 0.3) is 10.6 Å². The lowest BCUT2D eigenvalue weighted by molar-refractivity contribution is -0.146. The number of aromatic nitrogens is 1. The van der Waals surface area contributed by atoms with Crippen LogP contribution in [-0.2, 0) is 27.2 Å². The number of halogens is 2. The van der Waals surface area contributed by atoms with E-state index in [-0.39, 0.29) is 6.42 Å². The van der Waals surface area contributed by atoms with Gasteiger partial charge in [0.2, 0.25) is 0 Å². The fourth-order valence-corrected chi connectivity index (χ4v) is 3.37. The molecule has 1 amide bonds. The molecule has 0 saturated heterocycles. The van der Waals surface area contributed by atoms with Crippen LogP contribution in [0.4, 0.5) is 14.5 Å². The number of carbonyl (C=O) groups excluding carboxylic acids is 2. The standard InChI is InChI=1S/C21H18F2N2O3S/c1-2-13-6-8-14(9-7-13)21-24-15(12-29-21)10-19(27)28-11-18(26)25-20-16(22)4-3-5-17(20)23/h3-9,12H,2,10-11H2,1H3,(H,25,26). The van der Waals surface area contributed by atoms with Crippen LogP contribution < -0.4 is 5.32 Å². The maximum Gasteiger partial charge on any atom is 0.312 e. The summed E-state index contributed by atoms with van der Waals surface area (Å²) in [7, 11) is 0. The molecule has 1 N–H and O–H groups in total. The van der Waals surface area contributed by atoms with Gasteiger partial charge in [-0.2, -0.15) is 0 Å². The molecule has 0 radical (unpaired) electrons. The number of benzene rings is 2. The molecule has 0 aliphatic carbocycles. The van der Waals surface area contributed by atoms with Crippen molar-refractivity contribution in [3.63, 3.8) is 0 Å². The van der Waals surface area contributed by atoms with Crippen LogP contribution in [0.5, 0.6) is 0 Å². The van der Waals surface area contributed by atoms with Crippen molar-refractivity contribution in [1.29, 1.82) is 0 Å². The molecular formula is C21H18F2N2O3S. The third kappa shape index (κ3) is 5.45. The molecule has 0 bridgehead atoms. The molecule has 0 aliphatic heterocycles. The van der Waals surface area contributed by atoms with Gasteiger partial charge in [0.05, 0.1) is 12.1 Å². The first kappa shape index (κ1) is 20.6. The minimum Gasteiger partial charge on any atom is -0.455 e. The average Bonchev–Trinajstić information content (AvgIpc) is 3.18. The first-order chi connectivity index (χ1) is 14.0. The van der Waals surface area contributed by atoms with Gasteiger partial charge in [-0.15, -0.1) is 11.3 Å². The Bertz CT molecular complexity index is 999. The van der Waals surface area contributed by atoms with Crippen LogP contribution in [0.3, 0.4) is 0 Å². The van der Waals surface area contributed by atoms with Crippen molar-refractivity contribution in [2.24, 2.45) is 0 Å². The molecule has 0 spiro atoms. The van der Waals surface area contributed by atoms with Gasteiger partial charge in [-0.05, 0) is 24.1 Å². The second kappa shape index (κ2) is 9.38. The van der Waals surface area contributed by atoms with Crippen molar-refractivity contribution in [2.75, 3.05) is 11.9 Å². The van der Waals surface area contributed by atoms with E-state index < -0.39 is 35.8 Å². The molecule has 0 fully saturated rings. The number of rotatable bonds is 7. The van der Waals surface area contributed by atoms with Gasteiger partial charge in [-0.1, -0.05) is 37.3 Å². The monoisotopic (exact) mass is 416 g/mol. The Kier molecular flexibility index (Phi) is 6.66. The van der Waals surface area contributed by atoms with E-state index in [0.717, 1.165) is 29.1 Å². The van der Waals surface area contributed by atoms with Gasteiger partial charge >= 0.3 is 5.97 Å². The Morgan fingerprint density at radius 1 is 1.10 bits per heavy atom. The molecule has 2 aromatic carbocycles. The Balaban J connectivity index is 1.52. The Labute approximate surface area is 170 Å². The minimum atomic E-state index is -0.911. The third-order valence-corrected chi connectivity index (χ3v) is 5.02. The summed E-state index contributed by atoms with van der Waals surface area (Å²) in [5.41, 5.74) is 2.13. The van der Waals surface area contributed by atoms with Gasteiger partial charge < -0.3 is 10.1 Å². The first-order valence-corrected chi connectivity index (χ1v) is 9.77. The molecule has 1 heterocycles. The summed E-state index contributed by atoms with van der Waals surface area (Å²) >= 11 is 1.41. The van der Waals surface area contributed by atoms with E-state index in [1.165, 1.54) is 23.0 Å². The number of anilines is 1. The lowest BCUT2D eigenvalue weighted by Crippen LogP contribution is -2.22. The van der Waals surface area contributed by atoms with Gasteiger partial charge in [0.25, 0.3) is 5.91 Å². The SMILES string of the molecule is CCc1ccc(-c2nc(CC(=O)OCC(=O)Nc3c(F)cccc3F)cs2)cc1. The molecule has 0 aliphatic rings. The largest absolute Gasteiger partial charge is 0.455 e. The molecule has 0 atom stereocenters. The van der Waals surface area contributed by atoms with Crippen LogP contribution in [0, 0.1) is 11.6 Å². The van der Waals surface area contributed by atoms with Gasteiger partial charge in [-0.25, -0.2) is 13.8 Å². The summed E-state index contributed by atoms with van der Waals surface area (Å²) in [6.07, 6.45) is 0.844. The molecule has 3 rings (SSSR count). The quantitative estimate of drug-likeness (QED) is 0.581. The van der Waals surface area contributed by atoms with Gasteiger partial charge in [0, 0.05) is 10.9 Å². The fraction of sp³-hybridized carbons (Fsp3) is 0.190. The number of esters is 1. The van der Waals surface area contributed by atoms with E-state index >= 15 is 0 Å². The highest BCUT2D eigenvalue weighted by Gasteiger charge is 2.15. The number of hydrogen-bond acceptors (Lipinski definition) is 5. The highest BCUT2D eigenvalue weighted by Crippen LogP contribution is 2.24. The van der Waals surface area contributed by atoms with Crippen LogP contribution in [0.15, 0.2) is 47.8 Å². The number of carbonyl (C=O) groups is 2. The van der Waals surface area contributed by atoms with Gasteiger partial charge in [-0.3, -0.25) is 9.59 Å². The van der Waals surface area contributed by atoms with E-state index in [1.807, 2.05) is 24.3 Å². The van der Waals surface area contributed by atoms with E-state index in [9.17, 15) is 18.4 Å². The lowest BCUT2D eigenvalue weighted by atomic mass is 10.1. The second-order valence-electron chi connectivity index (χ2n) is 6.18.